The lowest BCUT2D eigenvalue weighted by Gasteiger charge is -2.16. The van der Waals surface area contributed by atoms with E-state index >= 15 is 0 Å². The van der Waals surface area contributed by atoms with Crippen LogP contribution in [-0.4, -0.2) is 30.0 Å². The van der Waals surface area contributed by atoms with Crippen LogP contribution in [0.2, 0.25) is 0 Å². The molecular weight excluding hydrogens is 284 g/mol. The van der Waals surface area contributed by atoms with Crippen molar-refractivity contribution in [3.63, 3.8) is 0 Å². The van der Waals surface area contributed by atoms with Gasteiger partial charge in [0.05, 0.1) is 4.92 Å². The number of hydrogen-bond donors (Lipinski definition) is 3. The van der Waals surface area contributed by atoms with E-state index in [1.165, 1.54) is 6.07 Å². The third kappa shape index (κ3) is 6.09. The zero-order chi connectivity index (χ0) is 16.4. The van der Waals surface area contributed by atoms with Crippen molar-refractivity contribution in [2.45, 2.75) is 38.6 Å². The van der Waals surface area contributed by atoms with Crippen molar-refractivity contribution >= 4 is 17.3 Å². The zero-order valence-corrected chi connectivity index (χ0v) is 12.9. The normalized spacial score (nSPS) is 11.7. The number of amides is 1. The summed E-state index contributed by atoms with van der Waals surface area (Å²) in [7, 11) is 0. The van der Waals surface area contributed by atoms with Gasteiger partial charge in [0.2, 0.25) is 5.91 Å². The number of para-hydroxylation sites is 2. The van der Waals surface area contributed by atoms with Gasteiger partial charge in [-0.05, 0) is 12.5 Å². The Morgan fingerprint density at radius 3 is 2.77 bits per heavy atom. The van der Waals surface area contributed by atoms with E-state index in [-0.39, 0.29) is 24.1 Å². The van der Waals surface area contributed by atoms with Crippen LogP contribution in [0.1, 0.15) is 32.6 Å². The first-order valence-corrected chi connectivity index (χ1v) is 7.55. The Labute approximate surface area is 130 Å². The first-order chi connectivity index (χ1) is 10.6. The van der Waals surface area contributed by atoms with Gasteiger partial charge in [-0.25, -0.2) is 0 Å². The molecule has 7 heteroatoms. The molecule has 1 unspecified atom stereocenters. The maximum atomic E-state index is 11.8. The van der Waals surface area contributed by atoms with Crippen LogP contribution in [0.5, 0.6) is 0 Å². The van der Waals surface area contributed by atoms with E-state index in [4.69, 9.17) is 5.73 Å². The first-order valence-electron chi connectivity index (χ1n) is 7.55. The Kier molecular flexibility index (Phi) is 7.91. The molecule has 0 aliphatic rings. The van der Waals surface area contributed by atoms with Gasteiger partial charge in [-0.3, -0.25) is 14.9 Å². The van der Waals surface area contributed by atoms with Crippen LogP contribution >= 0.6 is 0 Å². The number of carbonyl (C=O) groups is 1. The van der Waals surface area contributed by atoms with Crippen LogP contribution in [0.3, 0.4) is 0 Å². The lowest BCUT2D eigenvalue weighted by molar-refractivity contribution is -0.384. The number of hydrogen-bond acceptors (Lipinski definition) is 5. The Morgan fingerprint density at radius 1 is 1.41 bits per heavy atom. The number of rotatable bonds is 10. The molecule has 7 nitrogen and oxygen atoms in total. The smallest absolute Gasteiger partial charge is 0.292 e. The second-order valence-electron chi connectivity index (χ2n) is 5.09. The van der Waals surface area contributed by atoms with Crippen LogP contribution in [0.25, 0.3) is 0 Å². The van der Waals surface area contributed by atoms with E-state index < -0.39 is 4.92 Å². The molecule has 0 aliphatic heterocycles. The fourth-order valence-corrected chi connectivity index (χ4v) is 2.09. The quantitative estimate of drug-likeness (QED) is 0.452. The predicted octanol–water partition coefficient (Wildman–Crippen LogP) is 2.03. The summed E-state index contributed by atoms with van der Waals surface area (Å²) >= 11 is 0. The first kappa shape index (κ1) is 17.9. The molecule has 1 aromatic carbocycles. The van der Waals surface area contributed by atoms with E-state index in [1.54, 1.807) is 18.2 Å². The highest BCUT2D eigenvalue weighted by atomic mass is 16.6. The molecule has 1 amide bonds. The molecule has 0 saturated heterocycles. The van der Waals surface area contributed by atoms with Crippen LogP contribution in [0.4, 0.5) is 11.4 Å². The average Bonchev–Trinajstić information content (AvgIpc) is 2.51. The van der Waals surface area contributed by atoms with E-state index in [2.05, 4.69) is 17.6 Å². The molecule has 0 aromatic heterocycles. The number of unbranched alkanes of at least 4 members (excludes halogenated alkanes) is 1. The van der Waals surface area contributed by atoms with Crippen molar-refractivity contribution in [2.75, 3.05) is 18.4 Å². The van der Waals surface area contributed by atoms with Gasteiger partial charge in [0.15, 0.2) is 0 Å². The summed E-state index contributed by atoms with van der Waals surface area (Å²) in [6.45, 7) is 2.84. The summed E-state index contributed by atoms with van der Waals surface area (Å²) in [6, 6.07) is 6.37. The topological polar surface area (TPSA) is 110 Å². The minimum absolute atomic E-state index is 0.00138. The van der Waals surface area contributed by atoms with Crippen molar-refractivity contribution in [1.82, 2.24) is 5.32 Å². The summed E-state index contributed by atoms with van der Waals surface area (Å²) < 4.78 is 0. The molecule has 1 aromatic rings. The molecule has 0 heterocycles. The number of nitro benzene ring substituents is 1. The second kappa shape index (κ2) is 9.73. The Balaban J connectivity index is 2.40. The molecule has 0 fully saturated rings. The Bertz CT molecular complexity index is 493. The van der Waals surface area contributed by atoms with Gasteiger partial charge >= 0.3 is 0 Å². The molecule has 1 rings (SSSR count). The molecular formula is C15H24N4O3. The fraction of sp³-hybridized carbons (Fsp3) is 0.533. The van der Waals surface area contributed by atoms with E-state index in [0.717, 1.165) is 19.3 Å². The summed E-state index contributed by atoms with van der Waals surface area (Å²) in [5, 5.41) is 16.7. The number of nitrogens with one attached hydrogen (secondary N) is 2. The van der Waals surface area contributed by atoms with Crippen molar-refractivity contribution in [2.24, 2.45) is 5.73 Å². The molecule has 0 spiro atoms. The highest BCUT2D eigenvalue weighted by Gasteiger charge is 2.13. The van der Waals surface area contributed by atoms with Gasteiger partial charge in [0, 0.05) is 31.6 Å². The van der Waals surface area contributed by atoms with Crippen LogP contribution in [-0.2, 0) is 4.79 Å². The van der Waals surface area contributed by atoms with E-state index in [0.29, 0.717) is 18.8 Å². The van der Waals surface area contributed by atoms with Gasteiger partial charge in [-0.15, -0.1) is 0 Å². The number of benzene rings is 1. The van der Waals surface area contributed by atoms with Gasteiger partial charge < -0.3 is 16.4 Å². The number of nitrogens with two attached hydrogens (primary N) is 1. The van der Waals surface area contributed by atoms with Gasteiger partial charge in [-0.1, -0.05) is 31.9 Å². The molecule has 4 N–H and O–H groups in total. The number of nitrogens with zero attached hydrogens (tertiary/aromatic N) is 1. The van der Waals surface area contributed by atoms with Gasteiger partial charge in [0.25, 0.3) is 5.69 Å². The van der Waals surface area contributed by atoms with Crippen LogP contribution in [0.15, 0.2) is 24.3 Å². The molecule has 0 bridgehead atoms. The van der Waals surface area contributed by atoms with E-state index in [1.807, 2.05) is 0 Å². The third-order valence-electron chi connectivity index (χ3n) is 3.32. The summed E-state index contributed by atoms with van der Waals surface area (Å²) in [6.07, 6.45) is 3.20. The maximum absolute atomic E-state index is 11.8. The third-order valence-corrected chi connectivity index (χ3v) is 3.32. The lowest BCUT2D eigenvalue weighted by atomic mass is 10.1. The van der Waals surface area contributed by atoms with Crippen molar-refractivity contribution in [3.05, 3.63) is 34.4 Å². The highest BCUT2D eigenvalue weighted by Crippen LogP contribution is 2.22. The van der Waals surface area contributed by atoms with Crippen LogP contribution < -0.4 is 16.4 Å². The van der Waals surface area contributed by atoms with E-state index in [9.17, 15) is 14.9 Å². The zero-order valence-electron chi connectivity index (χ0n) is 12.9. The van der Waals surface area contributed by atoms with Gasteiger partial charge in [-0.2, -0.15) is 0 Å². The van der Waals surface area contributed by atoms with Crippen molar-refractivity contribution < 1.29 is 9.72 Å². The Hall–Kier alpha value is -2.15. The minimum atomic E-state index is -0.447. The van der Waals surface area contributed by atoms with Crippen LogP contribution in [0, 0.1) is 10.1 Å². The molecule has 0 radical (unpaired) electrons. The highest BCUT2D eigenvalue weighted by molar-refractivity contribution is 5.77. The molecule has 0 saturated carbocycles. The largest absolute Gasteiger partial charge is 0.379 e. The SMILES string of the molecule is CCCCC(CN)NC(=O)CCNc1ccccc1[N+](=O)[O-]. The minimum Gasteiger partial charge on any atom is -0.379 e. The number of carbonyl (C=O) groups excluding carboxylic acids is 1. The molecule has 22 heavy (non-hydrogen) atoms. The Morgan fingerprint density at radius 2 is 2.14 bits per heavy atom. The maximum Gasteiger partial charge on any atom is 0.292 e. The number of nitro groups is 1. The molecule has 122 valence electrons. The predicted molar refractivity (Wildman–Crippen MR) is 86.7 cm³/mol. The molecule has 1 atom stereocenters. The fourth-order valence-electron chi connectivity index (χ4n) is 2.09. The van der Waals surface area contributed by atoms with Crippen molar-refractivity contribution in [1.29, 1.82) is 0 Å². The van der Waals surface area contributed by atoms with Gasteiger partial charge in [0.1, 0.15) is 5.69 Å². The number of anilines is 1. The average molecular weight is 308 g/mol. The summed E-state index contributed by atoms with van der Waals surface area (Å²) in [5.74, 6) is -0.0994. The second-order valence-corrected chi connectivity index (χ2v) is 5.09. The lowest BCUT2D eigenvalue weighted by Crippen LogP contribution is -2.40. The summed E-state index contributed by atoms with van der Waals surface area (Å²) in [4.78, 5) is 22.3. The monoisotopic (exact) mass is 308 g/mol. The summed E-state index contributed by atoms with van der Waals surface area (Å²) in [5.41, 5.74) is 6.05. The van der Waals surface area contributed by atoms with Crippen molar-refractivity contribution in [3.8, 4) is 0 Å². The standard InChI is InChI=1S/C15H24N4O3/c1-2-3-6-12(11-16)18-15(20)9-10-17-13-7-4-5-8-14(13)19(21)22/h4-5,7-8,12,17H,2-3,6,9-11,16H2,1H3,(H,18,20). The molecule has 0 aliphatic carbocycles.